The van der Waals surface area contributed by atoms with Crippen molar-refractivity contribution >= 4 is 11.6 Å². The van der Waals surface area contributed by atoms with E-state index in [2.05, 4.69) is 5.32 Å². The van der Waals surface area contributed by atoms with Gasteiger partial charge in [-0.2, -0.15) is 0 Å². The van der Waals surface area contributed by atoms with Crippen molar-refractivity contribution < 1.29 is 9.72 Å². The zero-order chi connectivity index (χ0) is 14.4. The number of hydrogen-bond acceptors (Lipinski definition) is 4. The number of benzene rings is 1. The second kappa shape index (κ2) is 6.84. The fourth-order valence-electron chi connectivity index (χ4n) is 1.81. The smallest absolute Gasteiger partial charge is 0.272 e. The summed E-state index contributed by atoms with van der Waals surface area (Å²) in [7, 11) is 0. The molecule has 0 saturated heterocycles. The van der Waals surface area contributed by atoms with E-state index in [9.17, 15) is 14.9 Å². The summed E-state index contributed by atoms with van der Waals surface area (Å²) in [6.45, 7) is 3.88. The molecular weight excluding hydrogens is 246 g/mol. The molecule has 1 aromatic rings. The SMILES string of the molecule is CCCC(N)C(=O)NCc1cccc([N+](=O)[O-])c1C. The van der Waals surface area contributed by atoms with Crippen LogP contribution in [0.2, 0.25) is 0 Å². The number of amides is 1. The maximum atomic E-state index is 11.7. The predicted octanol–water partition coefficient (Wildman–Crippen LogP) is 1.65. The van der Waals surface area contributed by atoms with Gasteiger partial charge in [0.05, 0.1) is 11.0 Å². The molecule has 0 aliphatic heterocycles. The van der Waals surface area contributed by atoms with E-state index in [1.807, 2.05) is 6.92 Å². The van der Waals surface area contributed by atoms with Gasteiger partial charge < -0.3 is 11.1 Å². The Hall–Kier alpha value is -1.95. The Morgan fingerprint density at radius 1 is 1.53 bits per heavy atom. The first-order valence-electron chi connectivity index (χ1n) is 6.23. The maximum Gasteiger partial charge on any atom is 0.272 e. The fourth-order valence-corrected chi connectivity index (χ4v) is 1.81. The number of nitrogens with one attached hydrogen (secondary N) is 1. The molecule has 0 fully saturated rings. The molecule has 6 nitrogen and oxygen atoms in total. The van der Waals surface area contributed by atoms with Crippen LogP contribution in [0.1, 0.15) is 30.9 Å². The minimum Gasteiger partial charge on any atom is -0.351 e. The number of rotatable bonds is 6. The quantitative estimate of drug-likeness (QED) is 0.603. The summed E-state index contributed by atoms with van der Waals surface area (Å²) in [5, 5.41) is 13.5. The highest BCUT2D eigenvalue weighted by molar-refractivity contribution is 5.81. The Morgan fingerprint density at radius 3 is 2.79 bits per heavy atom. The molecule has 1 rings (SSSR count). The van der Waals surface area contributed by atoms with E-state index >= 15 is 0 Å². The van der Waals surface area contributed by atoms with E-state index in [-0.39, 0.29) is 18.1 Å². The van der Waals surface area contributed by atoms with Gasteiger partial charge in [-0.3, -0.25) is 14.9 Å². The number of hydrogen-bond donors (Lipinski definition) is 2. The summed E-state index contributed by atoms with van der Waals surface area (Å²) in [6, 6.07) is 4.29. The molecule has 0 saturated carbocycles. The van der Waals surface area contributed by atoms with Gasteiger partial charge in [0.25, 0.3) is 5.69 Å². The van der Waals surface area contributed by atoms with Crippen LogP contribution in [0.4, 0.5) is 5.69 Å². The summed E-state index contributed by atoms with van der Waals surface area (Å²) in [5.74, 6) is -0.229. The Kier molecular flexibility index (Phi) is 5.44. The molecule has 1 amide bonds. The molecule has 104 valence electrons. The van der Waals surface area contributed by atoms with Crippen molar-refractivity contribution in [1.82, 2.24) is 5.32 Å². The van der Waals surface area contributed by atoms with Crippen LogP contribution in [-0.4, -0.2) is 16.9 Å². The Bertz CT molecular complexity index is 474. The Morgan fingerprint density at radius 2 is 2.21 bits per heavy atom. The monoisotopic (exact) mass is 265 g/mol. The fraction of sp³-hybridized carbons (Fsp3) is 0.462. The maximum absolute atomic E-state index is 11.7. The average Bonchev–Trinajstić information content (AvgIpc) is 2.37. The molecule has 0 spiro atoms. The zero-order valence-electron chi connectivity index (χ0n) is 11.2. The van der Waals surface area contributed by atoms with Crippen molar-refractivity contribution in [2.75, 3.05) is 0 Å². The first-order valence-corrected chi connectivity index (χ1v) is 6.23. The minimum atomic E-state index is -0.524. The molecule has 1 unspecified atom stereocenters. The van der Waals surface area contributed by atoms with Crippen molar-refractivity contribution in [2.45, 2.75) is 39.3 Å². The van der Waals surface area contributed by atoms with E-state index in [4.69, 9.17) is 5.73 Å². The number of carbonyl (C=O) groups excluding carboxylic acids is 1. The van der Waals surface area contributed by atoms with Crippen LogP contribution in [0.15, 0.2) is 18.2 Å². The number of carbonyl (C=O) groups is 1. The van der Waals surface area contributed by atoms with Crippen molar-refractivity contribution in [3.05, 3.63) is 39.4 Å². The van der Waals surface area contributed by atoms with Gasteiger partial charge in [0.15, 0.2) is 0 Å². The van der Waals surface area contributed by atoms with Gasteiger partial charge in [-0.05, 0) is 18.9 Å². The largest absolute Gasteiger partial charge is 0.351 e. The summed E-state index contributed by atoms with van der Waals surface area (Å²) in [6.07, 6.45) is 1.46. The summed E-state index contributed by atoms with van der Waals surface area (Å²) < 4.78 is 0. The van der Waals surface area contributed by atoms with Gasteiger partial charge in [-0.25, -0.2) is 0 Å². The first-order chi connectivity index (χ1) is 8.97. The topological polar surface area (TPSA) is 98.3 Å². The lowest BCUT2D eigenvalue weighted by molar-refractivity contribution is -0.385. The van der Waals surface area contributed by atoms with Crippen molar-refractivity contribution in [3.63, 3.8) is 0 Å². The van der Waals surface area contributed by atoms with Crippen LogP contribution in [0.5, 0.6) is 0 Å². The number of nitro groups is 1. The Labute approximate surface area is 112 Å². The van der Waals surface area contributed by atoms with Crippen LogP contribution >= 0.6 is 0 Å². The molecule has 0 radical (unpaired) electrons. The number of nitrogens with two attached hydrogens (primary N) is 1. The molecule has 1 aromatic carbocycles. The molecule has 6 heteroatoms. The lowest BCUT2D eigenvalue weighted by Gasteiger charge is -2.12. The first kappa shape index (κ1) is 15.1. The van der Waals surface area contributed by atoms with Gasteiger partial charge in [-0.1, -0.05) is 25.5 Å². The predicted molar refractivity (Wildman–Crippen MR) is 72.6 cm³/mol. The van der Waals surface area contributed by atoms with Gasteiger partial charge >= 0.3 is 0 Å². The second-order valence-electron chi connectivity index (χ2n) is 4.43. The molecule has 0 bridgehead atoms. The average molecular weight is 265 g/mol. The third kappa shape index (κ3) is 4.03. The summed E-state index contributed by atoms with van der Waals surface area (Å²) in [5.41, 5.74) is 7.04. The van der Waals surface area contributed by atoms with Crippen LogP contribution in [0.3, 0.4) is 0 Å². The minimum absolute atomic E-state index is 0.0598. The van der Waals surface area contributed by atoms with E-state index < -0.39 is 11.0 Å². The summed E-state index contributed by atoms with van der Waals surface area (Å²) >= 11 is 0. The highest BCUT2D eigenvalue weighted by Gasteiger charge is 2.15. The standard InChI is InChI=1S/C13H19N3O3/c1-3-5-11(14)13(17)15-8-10-6-4-7-12(9(10)2)16(18)19/h4,6-7,11H,3,5,8,14H2,1-2H3,(H,15,17). The molecule has 0 aliphatic carbocycles. The van der Waals surface area contributed by atoms with Gasteiger partial charge in [0, 0.05) is 18.2 Å². The third-order valence-electron chi connectivity index (χ3n) is 3.00. The molecule has 1 atom stereocenters. The second-order valence-corrected chi connectivity index (χ2v) is 4.43. The zero-order valence-corrected chi connectivity index (χ0v) is 11.2. The normalized spacial score (nSPS) is 11.9. The molecule has 3 N–H and O–H groups in total. The lowest BCUT2D eigenvalue weighted by Crippen LogP contribution is -2.40. The van der Waals surface area contributed by atoms with E-state index in [0.29, 0.717) is 12.0 Å². The molecule has 0 aromatic heterocycles. The van der Waals surface area contributed by atoms with Crippen molar-refractivity contribution in [3.8, 4) is 0 Å². The van der Waals surface area contributed by atoms with Crippen LogP contribution in [0.25, 0.3) is 0 Å². The van der Waals surface area contributed by atoms with E-state index in [1.165, 1.54) is 6.07 Å². The highest BCUT2D eigenvalue weighted by atomic mass is 16.6. The highest BCUT2D eigenvalue weighted by Crippen LogP contribution is 2.20. The van der Waals surface area contributed by atoms with Gasteiger partial charge in [0.1, 0.15) is 0 Å². The molecule has 19 heavy (non-hydrogen) atoms. The van der Waals surface area contributed by atoms with E-state index in [0.717, 1.165) is 12.0 Å². The van der Waals surface area contributed by atoms with Crippen LogP contribution < -0.4 is 11.1 Å². The lowest BCUT2D eigenvalue weighted by atomic mass is 10.1. The number of nitro benzene ring substituents is 1. The van der Waals surface area contributed by atoms with Crippen LogP contribution in [-0.2, 0) is 11.3 Å². The molecular formula is C13H19N3O3. The van der Waals surface area contributed by atoms with Crippen molar-refractivity contribution in [2.24, 2.45) is 5.73 Å². The van der Waals surface area contributed by atoms with Crippen LogP contribution in [0, 0.1) is 17.0 Å². The van der Waals surface area contributed by atoms with Gasteiger partial charge in [-0.15, -0.1) is 0 Å². The third-order valence-corrected chi connectivity index (χ3v) is 3.00. The molecule has 0 heterocycles. The van der Waals surface area contributed by atoms with Gasteiger partial charge in [0.2, 0.25) is 5.91 Å². The van der Waals surface area contributed by atoms with Crippen molar-refractivity contribution in [1.29, 1.82) is 0 Å². The number of nitrogens with zero attached hydrogens (tertiary/aromatic N) is 1. The molecule has 0 aliphatic rings. The summed E-state index contributed by atoms with van der Waals surface area (Å²) in [4.78, 5) is 22.0. The Balaban J connectivity index is 2.71. The van der Waals surface area contributed by atoms with E-state index in [1.54, 1.807) is 19.1 Å².